The minimum Gasteiger partial charge on any atom is -0.334 e. The zero-order valence-corrected chi connectivity index (χ0v) is 14.5. The van der Waals surface area contributed by atoms with E-state index in [0.717, 1.165) is 16.8 Å². The van der Waals surface area contributed by atoms with E-state index < -0.39 is 0 Å². The van der Waals surface area contributed by atoms with Gasteiger partial charge in [0.25, 0.3) is 0 Å². The fourth-order valence-electron chi connectivity index (χ4n) is 1.98. The third-order valence-corrected chi connectivity index (χ3v) is 3.98. The second-order valence-corrected chi connectivity index (χ2v) is 6.18. The average molecular weight is 380 g/mol. The first-order valence-electron chi connectivity index (χ1n) is 6.84. The van der Waals surface area contributed by atoms with Crippen molar-refractivity contribution in [2.24, 2.45) is 0 Å². The molecule has 0 unspecified atom stereocenters. The number of nitrogens with zero attached hydrogens (tertiary/aromatic N) is 3. The minimum atomic E-state index is -0.360. The number of hydrogen-bond acceptors (Lipinski definition) is 5. The molecule has 0 spiro atoms. The Morgan fingerprint density at radius 2 is 1.83 bits per heavy atom. The third kappa shape index (κ3) is 4.41. The van der Waals surface area contributed by atoms with Crippen LogP contribution in [0.15, 0.2) is 41.8 Å². The predicted octanol–water partition coefficient (Wildman–Crippen LogP) is 4.23. The first-order chi connectivity index (χ1) is 11.6. The Hall–Kier alpha value is -2.22. The summed E-state index contributed by atoms with van der Waals surface area (Å²) in [5.74, 6) is 0. The lowest BCUT2D eigenvalue weighted by atomic mass is 10.1. The summed E-state index contributed by atoms with van der Waals surface area (Å²) in [6.07, 6.45) is 0. The third-order valence-electron chi connectivity index (χ3n) is 3.08. The van der Waals surface area contributed by atoms with E-state index in [0.29, 0.717) is 12.2 Å². The molecule has 0 aliphatic carbocycles. The molecule has 3 rings (SSSR count). The zero-order valence-electron chi connectivity index (χ0n) is 12.2. The maximum absolute atomic E-state index is 11.9. The second kappa shape index (κ2) is 7.57. The molecule has 0 aliphatic heterocycles. The van der Waals surface area contributed by atoms with Gasteiger partial charge in [-0.15, -0.1) is 5.10 Å². The Balaban J connectivity index is 1.56. The van der Waals surface area contributed by atoms with E-state index >= 15 is 0 Å². The molecule has 1 aromatic carbocycles. The van der Waals surface area contributed by atoms with Crippen molar-refractivity contribution >= 4 is 46.5 Å². The van der Waals surface area contributed by atoms with Crippen LogP contribution < -0.4 is 10.6 Å². The second-order valence-electron chi connectivity index (χ2n) is 4.80. The summed E-state index contributed by atoms with van der Waals surface area (Å²) in [5, 5.41) is 11.7. The number of urea groups is 1. The molecule has 2 aromatic heterocycles. The molecule has 0 aliphatic rings. The minimum absolute atomic E-state index is 0.213. The van der Waals surface area contributed by atoms with Crippen LogP contribution in [-0.4, -0.2) is 20.6 Å². The van der Waals surface area contributed by atoms with Gasteiger partial charge in [0, 0.05) is 23.2 Å². The van der Waals surface area contributed by atoms with E-state index in [-0.39, 0.29) is 16.3 Å². The van der Waals surface area contributed by atoms with Gasteiger partial charge in [-0.25, -0.2) is 9.78 Å². The molecular weight excluding hydrogens is 369 g/mol. The van der Waals surface area contributed by atoms with Crippen LogP contribution in [0.4, 0.5) is 10.5 Å². The van der Waals surface area contributed by atoms with Gasteiger partial charge in [-0.1, -0.05) is 52.0 Å². The average Bonchev–Trinajstić information content (AvgIpc) is 3.07. The maximum atomic E-state index is 11.9. The first kappa shape index (κ1) is 16.6. The molecule has 0 fully saturated rings. The van der Waals surface area contributed by atoms with E-state index in [1.165, 1.54) is 23.7 Å². The van der Waals surface area contributed by atoms with Crippen LogP contribution in [-0.2, 0) is 6.54 Å². The van der Waals surface area contributed by atoms with Gasteiger partial charge >= 0.3 is 6.03 Å². The first-order valence-corrected chi connectivity index (χ1v) is 8.44. The van der Waals surface area contributed by atoms with Gasteiger partial charge in [-0.05, 0) is 29.2 Å². The number of halogens is 2. The van der Waals surface area contributed by atoms with Gasteiger partial charge in [0.15, 0.2) is 0 Å². The van der Waals surface area contributed by atoms with Gasteiger partial charge in [-0.3, -0.25) is 0 Å². The zero-order chi connectivity index (χ0) is 16.9. The smallest absolute Gasteiger partial charge is 0.319 e. The number of nitrogens with one attached hydrogen (secondary N) is 2. The largest absolute Gasteiger partial charge is 0.334 e. The lowest BCUT2D eigenvalue weighted by Crippen LogP contribution is -2.28. The van der Waals surface area contributed by atoms with Crippen LogP contribution in [0.2, 0.25) is 10.3 Å². The number of pyridine rings is 1. The summed E-state index contributed by atoms with van der Waals surface area (Å²) < 4.78 is 3.84. The number of carbonyl (C=O) groups excluding carboxylic acids is 1. The fourth-order valence-corrected chi connectivity index (χ4v) is 2.90. The molecule has 3 aromatic rings. The van der Waals surface area contributed by atoms with Crippen LogP contribution >= 0.6 is 34.7 Å². The summed E-state index contributed by atoms with van der Waals surface area (Å²) in [5.41, 5.74) is 3.26. The Bertz CT molecular complexity index is 819. The molecule has 0 atom stereocenters. The summed E-state index contributed by atoms with van der Waals surface area (Å²) in [4.78, 5) is 15.7. The van der Waals surface area contributed by atoms with Crippen molar-refractivity contribution in [3.63, 3.8) is 0 Å². The maximum Gasteiger partial charge on any atom is 0.319 e. The fraction of sp³-hybridized carbons (Fsp3) is 0.0667. The molecule has 9 heteroatoms. The van der Waals surface area contributed by atoms with Crippen LogP contribution in [0.1, 0.15) is 5.56 Å². The molecular formula is C15H11Cl2N5OS. The highest BCUT2D eigenvalue weighted by Crippen LogP contribution is 2.19. The van der Waals surface area contributed by atoms with Gasteiger partial charge in [-0.2, -0.15) is 0 Å². The van der Waals surface area contributed by atoms with E-state index in [1.807, 2.05) is 29.6 Å². The molecule has 0 saturated heterocycles. The van der Waals surface area contributed by atoms with Crippen molar-refractivity contribution in [2.45, 2.75) is 6.54 Å². The van der Waals surface area contributed by atoms with Crippen LogP contribution in [0.25, 0.3) is 11.3 Å². The predicted molar refractivity (Wildman–Crippen MR) is 95.5 cm³/mol. The van der Waals surface area contributed by atoms with Gasteiger partial charge in [0.1, 0.15) is 16.0 Å². The Morgan fingerprint density at radius 3 is 2.46 bits per heavy atom. The van der Waals surface area contributed by atoms with E-state index in [2.05, 4.69) is 25.2 Å². The number of anilines is 1. The Morgan fingerprint density at radius 1 is 1.12 bits per heavy atom. The number of aromatic nitrogens is 3. The highest BCUT2D eigenvalue weighted by Gasteiger charge is 2.05. The van der Waals surface area contributed by atoms with Crippen molar-refractivity contribution in [3.05, 3.63) is 57.6 Å². The number of hydrogen-bond donors (Lipinski definition) is 2. The van der Waals surface area contributed by atoms with Gasteiger partial charge < -0.3 is 10.6 Å². The Labute approximate surface area is 152 Å². The molecule has 24 heavy (non-hydrogen) atoms. The molecule has 122 valence electrons. The normalized spacial score (nSPS) is 10.4. The highest BCUT2D eigenvalue weighted by molar-refractivity contribution is 7.03. The number of rotatable bonds is 4. The molecule has 2 N–H and O–H groups in total. The van der Waals surface area contributed by atoms with Crippen molar-refractivity contribution in [2.75, 3.05) is 5.32 Å². The quantitative estimate of drug-likeness (QED) is 0.664. The lowest BCUT2D eigenvalue weighted by molar-refractivity contribution is 0.251. The topological polar surface area (TPSA) is 79.8 Å². The molecule has 2 amide bonds. The highest BCUT2D eigenvalue weighted by atomic mass is 35.5. The lowest BCUT2D eigenvalue weighted by Gasteiger charge is -2.08. The van der Waals surface area contributed by atoms with E-state index in [1.54, 1.807) is 0 Å². The molecule has 0 radical (unpaired) electrons. The van der Waals surface area contributed by atoms with Gasteiger partial charge in [0.05, 0.1) is 0 Å². The van der Waals surface area contributed by atoms with Crippen molar-refractivity contribution in [3.8, 4) is 11.3 Å². The van der Waals surface area contributed by atoms with E-state index in [4.69, 9.17) is 23.2 Å². The van der Waals surface area contributed by atoms with Crippen molar-refractivity contribution in [1.82, 2.24) is 19.9 Å². The Kier molecular flexibility index (Phi) is 5.24. The molecule has 0 bridgehead atoms. The summed E-state index contributed by atoms with van der Waals surface area (Å²) in [6, 6.07) is 10.4. The molecule has 0 saturated carbocycles. The number of carbonyl (C=O) groups is 1. The van der Waals surface area contributed by atoms with Gasteiger partial charge in [0.2, 0.25) is 0 Å². The van der Waals surface area contributed by atoms with Crippen LogP contribution in [0.3, 0.4) is 0 Å². The molecule has 2 heterocycles. The molecule has 6 nitrogen and oxygen atoms in total. The van der Waals surface area contributed by atoms with Crippen LogP contribution in [0, 0.1) is 0 Å². The number of amides is 2. The summed E-state index contributed by atoms with van der Waals surface area (Å²) in [7, 11) is 0. The number of benzene rings is 1. The van der Waals surface area contributed by atoms with Crippen molar-refractivity contribution < 1.29 is 4.79 Å². The van der Waals surface area contributed by atoms with Crippen LogP contribution in [0.5, 0.6) is 0 Å². The monoisotopic (exact) mass is 379 g/mol. The summed E-state index contributed by atoms with van der Waals surface area (Å²) in [6.45, 7) is 0.383. The standard InChI is InChI=1S/C15H11Cl2N5OS/c16-13-5-11(6-14(17)20-13)19-15(23)18-7-9-1-3-10(4-2-9)12-8-24-22-21-12/h1-6,8H,7H2,(H2,18,19,20,23). The summed E-state index contributed by atoms with van der Waals surface area (Å²) >= 11 is 12.9. The SMILES string of the molecule is O=C(NCc1ccc(-c2csnn2)cc1)Nc1cc(Cl)nc(Cl)c1. The van der Waals surface area contributed by atoms with Crippen molar-refractivity contribution in [1.29, 1.82) is 0 Å². The van der Waals surface area contributed by atoms with E-state index in [9.17, 15) is 4.79 Å².